The van der Waals surface area contributed by atoms with Gasteiger partial charge in [-0.3, -0.25) is 0 Å². The highest BCUT2D eigenvalue weighted by atomic mass is 14.5. The maximum Gasteiger partial charge on any atom is -0.00773 e. The highest BCUT2D eigenvalue weighted by Crippen LogP contribution is 2.08. The van der Waals surface area contributed by atoms with Gasteiger partial charge in [0.2, 0.25) is 0 Å². The Morgan fingerprint density at radius 2 is 2.00 bits per heavy atom. The first kappa shape index (κ1) is 10.3. The van der Waals surface area contributed by atoms with E-state index in [0.29, 0.717) is 0 Å². The molecule has 0 saturated heterocycles. The third-order valence-corrected chi connectivity index (χ3v) is 2.25. The van der Waals surface area contributed by atoms with Gasteiger partial charge in [-0.25, -0.2) is 0 Å². The molecule has 2 N–H and O–H groups in total. The minimum atomic E-state index is 0.827. The van der Waals surface area contributed by atoms with E-state index in [1.165, 1.54) is 30.4 Å². The third-order valence-electron chi connectivity index (χ3n) is 2.25. The second-order valence-electron chi connectivity index (χ2n) is 3.59. The first-order valence-electron chi connectivity index (χ1n) is 5.08. The normalized spacial score (nSPS) is 10.3. The molecule has 1 nitrogen and oxygen atoms in total. The predicted octanol–water partition coefficient (Wildman–Crippen LogP) is 2.67. The lowest BCUT2D eigenvalue weighted by Crippen LogP contribution is -1.98. The van der Waals surface area contributed by atoms with Crippen LogP contribution in [0.1, 0.15) is 30.4 Å². The number of nitrogens with two attached hydrogens (primary N) is 1. The average molecular weight is 177 g/mol. The van der Waals surface area contributed by atoms with E-state index in [1.54, 1.807) is 0 Å². The zero-order valence-corrected chi connectivity index (χ0v) is 8.42. The van der Waals surface area contributed by atoms with Crippen LogP contribution in [-0.2, 0) is 6.42 Å². The molecule has 0 atom stereocenters. The summed E-state index contributed by atoms with van der Waals surface area (Å²) in [5.74, 6) is 0. The zero-order valence-electron chi connectivity index (χ0n) is 8.42. The molecular weight excluding hydrogens is 158 g/mol. The van der Waals surface area contributed by atoms with Gasteiger partial charge in [-0.15, -0.1) is 0 Å². The van der Waals surface area contributed by atoms with E-state index in [1.807, 2.05) is 0 Å². The van der Waals surface area contributed by atoms with Crippen molar-refractivity contribution < 1.29 is 0 Å². The molecule has 0 aromatic heterocycles. The third kappa shape index (κ3) is 4.09. The second-order valence-corrected chi connectivity index (χ2v) is 3.59. The van der Waals surface area contributed by atoms with Crippen LogP contribution in [0.3, 0.4) is 0 Å². The van der Waals surface area contributed by atoms with Crippen molar-refractivity contribution in [1.82, 2.24) is 0 Å². The van der Waals surface area contributed by atoms with Crippen molar-refractivity contribution in [2.45, 2.75) is 32.6 Å². The van der Waals surface area contributed by atoms with Crippen molar-refractivity contribution in [3.8, 4) is 0 Å². The zero-order chi connectivity index (χ0) is 9.52. The molecular formula is C12H19N. The lowest BCUT2D eigenvalue weighted by Gasteiger charge is -2.01. The summed E-state index contributed by atoms with van der Waals surface area (Å²) in [6, 6.07) is 8.74. The SMILES string of the molecule is Cc1cccc(CCCCCN)c1. The molecule has 13 heavy (non-hydrogen) atoms. The summed E-state index contributed by atoms with van der Waals surface area (Å²) in [5.41, 5.74) is 8.25. The minimum absolute atomic E-state index is 0.827. The lowest BCUT2D eigenvalue weighted by molar-refractivity contribution is 0.686. The van der Waals surface area contributed by atoms with E-state index >= 15 is 0 Å². The number of hydrogen-bond donors (Lipinski definition) is 1. The van der Waals surface area contributed by atoms with E-state index in [0.717, 1.165) is 13.0 Å². The molecule has 0 fully saturated rings. The molecule has 0 spiro atoms. The van der Waals surface area contributed by atoms with Crippen LogP contribution in [0.25, 0.3) is 0 Å². The summed E-state index contributed by atoms with van der Waals surface area (Å²) < 4.78 is 0. The number of aryl methyl sites for hydroxylation is 2. The molecule has 0 radical (unpaired) electrons. The van der Waals surface area contributed by atoms with Crippen LogP contribution in [0.4, 0.5) is 0 Å². The molecule has 0 aliphatic heterocycles. The molecule has 1 rings (SSSR count). The number of rotatable bonds is 5. The topological polar surface area (TPSA) is 26.0 Å². The van der Waals surface area contributed by atoms with E-state index in [-0.39, 0.29) is 0 Å². The molecule has 0 aliphatic rings. The molecule has 0 saturated carbocycles. The van der Waals surface area contributed by atoms with Gasteiger partial charge in [0.15, 0.2) is 0 Å². The highest BCUT2D eigenvalue weighted by molar-refractivity contribution is 5.22. The standard InChI is InChI=1S/C12H19N/c1-11-6-5-8-12(10-11)7-3-2-4-9-13/h5-6,8,10H,2-4,7,9,13H2,1H3. The van der Waals surface area contributed by atoms with Gasteiger partial charge >= 0.3 is 0 Å². The number of unbranched alkanes of at least 4 members (excludes halogenated alkanes) is 2. The Hall–Kier alpha value is -0.820. The summed E-state index contributed by atoms with van der Waals surface area (Å²) in [6.07, 6.45) is 4.87. The number of benzene rings is 1. The second kappa shape index (κ2) is 5.76. The Labute approximate surface area is 81.0 Å². The molecule has 0 bridgehead atoms. The van der Waals surface area contributed by atoms with E-state index in [9.17, 15) is 0 Å². The van der Waals surface area contributed by atoms with E-state index < -0.39 is 0 Å². The van der Waals surface area contributed by atoms with Crippen LogP contribution < -0.4 is 5.73 Å². The molecule has 72 valence electrons. The Bertz CT molecular complexity index is 243. The summed E-state index contributed by atoms with van der Waals surface area (Å²) in [7, 11) is 0. The summed E-state index contributed by atoms with van der Waals surface area (Å²) in [6.45, 7) is 2.97. The van der Waals surface area contributed by atoms with Crippen molar-refractivity contribution in [1.29, 1.82) is 0 Å². The molecule has 1 aromatic rings. The smallest absolute Gasteiger partial charge is 0.00773 e. The maximum atomic E-state index is 5.43. The summed E-state index contributed by atoms with van der Waals surface area (Å²) in [4.78, 5) is 0. The van der Waals surface area contributed by atoms with Crippen LogP contribution in [0.5, 0.6) is 0 Å². The van der Waals surface area contributed by atoms with Gasteiger partial charge in [-0.2, -0.15) is 0 Å². The number of hydrogen-bond acceptors (Lipinski definition) is 1. The van der Waals surface area contributed by atoms with Crippen LogP contribution >= 0.6 is 0 Å². The van der Waals surface area contributed by atoms with Crippen molar-refractivity contribution in [2.75, 3.05) is 6.54 Å². The van der Waals surface area contributed by atoms with E-state index in [2.05, 4.69) is 31.2 Å². The molecule has 0 heterocycles. The minimum Gasteiger partial charge on any atom is -0.330 e. The van der Waals surface area contributed by atoms with Gasteiger partial charge < -0.3 is 5.73 Å². The summed E-state index contributed by atoms with van der Waals surface area (Å²) in [5, 5.41) is 0. The van der Waals surface area contributed by atoms with E-state index in [4.69, 9.17) is 5.73 Å². The fourth-order valence-electron chi connectivity index (χ4n) is 1.52. The Morgan fingerprint density at radius 3 is 2.69 bits per heavy atom. The quantitative estimate of drug-likeness (QED) is 0.687. The van der Waals surface area contributed by atoms with Gasteiger partial charge in [-0.05, 0) is 38.3 Å². The maximum absolute atomic E-state index is 5.43. The summed E-state index contributed by atoms with van der Waals surface area (Å²) >= 11 is 0. The van der Waals surface area contributed by atoms with Gasteiger partial charge in [0, 0.05) is 0 Å². The Balaban J connectivity index is 2.28. The molecule has 0 unspecified atom stereocenters. The lowest BCUT2D eigenvalue weighted by atomic mass is 10.1. The van der Waals surface area contributed by atoms with Crippen LogP contribution in [-0.4, -0.2) is 6.54 Å². The predicted molar refractivity (Wildman–Crippen MR) is 57.8 cm³/mol. The molecule has 1 aromatic carbocycles. The van der Waals surface area contributed by atoms with Crippen LogP contribution in [0.15, 0.2) is 24.3 Å². The molecule has 0 amide bonds. The molecule has 0 aliphatic carbocycles. The fraction of sp³-hybridized carbons (Fsp3) is 0.500. The largest absolute Gasteiger partial charge is 0.330 e. The van der Waals surface area contributed by atoms with Crippen LogP contribution in [0.2, 0.25) is 0 Å². The van der Waals surface area contributed by atoms with Gasteiger partial charge in [0.1, 0.15) is 0 Å². The Kier molecular flexibility index (Phi) is 4.55. The van der Waals surface area contributed by atoms with Crippen molar-refractivity contribution in [3.05, 3.63) is 35.4 Å². The molecule has 1 heteroatoms. The van der Waals surface area contributed by atoms with Crippen molar-refractivity contribution in [2.24, 2.45) is 5.73 Å². The highest BCUT2D eigenvalue weighted by Gasteiger charge is 1.93. The van der Waals surface area contributed by atoms with Crippen molar-refractivity contribution in [3.63, 3.8) is 0 Å². The monoisotopic (exact) mass is 177 g/mol. The van der Waals surface area contributed by atoms with Gasteiger partial charge in [0.05, 0.1) is 0 Å². The fourth-order valence-corrected chi connectivity index (χ4v) is 1.52. The van der Waals surface area contributed by atoms with Gasteiger partial charge in [-0.1, -0.05) is 36.2 Å². The van der Waals surface area contributed by atoms with Gasteiger partial charge in [0.25, 0.3) is 0 Å². The first-order chi connectivity index (χ1) is 6.33. The van der Waals surface area contributed by atoms with Crippen molar-refractivity contribution >= 4 is 0 Å². The Morgan fingerprint density at radius 1 is 1.15 bits per heavy atom. The average Bonchev–Trinajstić information content (AvgIpc) is 2.13. The first-order valence-corrected chi connectivity index (χ1v) is 5.08. The van der Waals surface area contributed by atoms with Crippen LogP contribution in [0, 0.1) is 6.92 Å².